The number of benzene rings is 1. The van der Waals surface area contributed by atoms with Gasteiger partial charge in [0.15, 0.2) is 8.32 Å². The zero-order chi connectivity index (χ0) is 33.9. The smallest absolute Gasteiger partial charge is 0.406 e. The van der Waals surface area contributed by atoms with E-state index in [-0.39, 0.29) is 5.04 Å². The van der Waals surface area contributed by atoms with E-state index in [2.05, 4.69) is 43.8 Å². The van der Waals surface area contributed by atoms with Crippen molar-refractivity contribution >= 4 is 30.1 Å². The zero-order valence-electron chi connectivity index (χ0n) is 27.9. The first-order valence-corrected chi connectivity index (χ1v) is 18.7. The average Bonchev–Trinajstić information content (AvgIpc) is 3.32. The lowest BCUT2D eigenvalue weighted by Crippen LogP contribution is -2.41. The van der Waals surface area contributed by atoms with Crippen molar-refractivity contribution in [3.8, 4) is 17.0 Å². The van der Waals surface area contributed by atoms with Gasteiger partial charge < -0.3 is 32.7 Å². The molecule has 0 radical (unpaired) electrons. The second kappa shape index (κ2) is 16.8. The maximum atomic E-state index is 13.4. The summed E-state index contributed by atoms with van der Waals surface area (Å²) in [4.78, 5) is 8.45. The Morgan fingerprint density at radius 1 is 0.681 bits per heavy atom. The van der Waals surface area contributed by atoms with E-state index in [0.29, 0.717) is 93.8 Å². The van der Waals surface area contributed by atoms with Crippen molar-refractivity contribution in [2.24, 2.45) is 0 Å². The topological polar surface area (TPSA) is 86.1 Å². The number of hydrogen-bond acceptors (Lipinski definition) is 8. The molecule has 4 rings (SSSR count). The van der Waals surface area contributed by atoms with E-state index in [0.717, 1.165) is 11.1 Å². The molecule has 47 heavy (non-hydrogen) atoms. The second-order valence-electron chi connectivity index (χ2n) is 12.6. The Bertz CT molecular complexity index is 1540. The molecule has 3 aromatic heterocycles. The summed E-state index contributed by atoms with van der Waals surface area (Å²) in [5.74, 6) is 0.427. The number of aromatic nitrogens is 3. The lowest BCUT2D eigenvalue weighted by atomic mass is 10.1. The molecule has 0 aliphatic heterocycles. The highest BCUT2D eigenvalue weighted by Gasteiger charge is 2.36. The van der Waals surface area contributed by atoms with Crippen LogP contribution < -0.4 is 4.74 Å². The highest BCUT2D eigenvalue weighted by atomic mass is 28.4. The molecular weight excluding hydrogens is 631 g/mol. The average molecular weight is 678 g/mol. The number of alkyl halides is 3. The second-order valence-corrected chi connectivity index (χ2v) is 17.4. The van der Waals surface area contributed by atoms with Crippen LogP contribution >= 0.6 is 0 Å². The third kappa shape index (κ3) is 11.0. The molecule has 0 spiro atoms. The highest BCUT2D eigenvalue weighted by molar-refractivity contribution is 6.74. The Labute approximate surface area is 275 Å². The van der Waals surface area contributed by atoms with Gasteiger partial charge in [-0.25, -0.2) is 4.98 Å². The summed E-state index contributed by atoms with van der Waals surface area (Å²) >= 11 is 0. The summed E-state index contributed by atoms with van der Waals surface area (Å²) < 4.78 is 75.4. The van der Waals surface area contributed by atoms with Crippen LogP contribution in [0.3, 0.4) is 0 Å². The van der Waals surface area contributed by atoms with Gasteiger partial charge in [-0.05, 0) is 41.9 Å². The molecule has 0 amide bonds. The van der Waals surface area contributed by atoms with Gasteiger partial charge in [-0.3, -0.25) is 4.98 Å². The number of nitrogens with zero attached hydrogens (tertiary/aromatic N) is 3. The molecule has 258 valence electrons. The summed E-state index contributed by atoms with van der Waals surface area (Å²) in [6.45, 7) is 14.7. The lowest BCUT2D eigenvalue weighted by Gasteiger charge is -2.36. The van der Waals surface area contributed by atoms with Crippen LogP contribution in [0.15, 0.2) is 55.0 Å². The molecule has 0 bridgehead atoms. The minimum atomic E-state index is -4.36. The predicted molar refractivity (Wildman–Crippen MR) is 178 cm³/mol. The molecule has 9 nitrogen and oxygen atoms in total. The largest absolute Gasteiger partial charge is 0.475 e. The normalized spacial score (nSPS) is 12.8. The highest BCUT2D eigenvalue weighted by Crippen LogP contribution is 2.36. The number of fused-ring (bicyclic) bond motifs is 3. The van der Waals surface area contributed by atoms with E-state index in [1.54, 1.807) is 30.6 Å². The molecule has 0 aliphatic rings. The van der Waals surface area contributed by atoms with Gasteiger partial charge in [-0.15, -0.1) is 0 Å². The zero-order valence-corrected chi connectivity index (χ0v) is 28.9. The van der Waals surface area contributed by atoms with E-state index in [4.69, 9.17) is 28.1 Å². The van der Waals surface area contributed by atoms with Gasteiger partial charge >= 0.3 is 6.18 Å². The van der Waals surface area contributed by atoms with Crippen LogP contribution in [-0.4, -0.2) is 95.1 Å². The third-order valence-electron chi connectivity index (χ3n) is 8.17. The third-order valence-corrected chi connectivity index (χ3v) is 12.7. The number of rotatable bonds is 19. The Hall–Kier alpha value is -3.07. The van der Waals surface area contributed by atoms with Gasteiger partial charge in [-0.2, -0.15) is 13.2 Å². The number of ether oxygens (including phenoxy) is 5. The Balaban J connectivity index is 1.08. The van der Waals surface area contributed by atoms with E-state index < -0.39 is 21.0 Å². The van der Waals surface area contributed by atoms with Crippen LogP contribution in [0, 0.1) is 0 Å². The molecule has 0 unspecified atom stereocenters. The fourth-order valence-electron chi connectivity index (χ4n) is 4.65. The first kappa shape index (κ1) is 36.8. The van der Waals surface area contributed by atoms with Crippen molar-refractivity contribution in [3.63, 3.8) is 0 Å². The van der Waals surface area contributed by atoms with Crippen molar-refractivity contribution in [1.82, 2.24) is 14.5 Å². The van der Waals surface area contributed by atoms with Crippen LogP contribution in [-0.2, 0) is 29.9 Å². The number of hydrogen-bond donors (Lipinski definition) is 0. The van der Waals surface area contributed by atoms with Gasteiger partial charge in [0.1, 0.15) is 13.2 Å². The van der Waals surface area contributed by atoms with Crippen molar-refractivity contribution < 1.29 is 41.3 Å². The van der Waals surface area contributed by atoms with Crippen LogP contribution in [0.4, 0.5) is 13.2 Å². The minimum absolute atomic E-state index is 0.194. The van der Waals surface area contributed by atoms with Crippen molar-refractivity contribution in [1.29, 1.82) is 0 Å². The predicted octanol–water partition coefficient (Wildman–Crippen LogP) is 7.28. The fourth-order valence-corrected chi connectivity index (χ4v) is 5.67. The summed E-state index contributed by atoms with van der Waals surface area (Å²) in [6.07, 6.45) is 0.378. The van der Waals surface area contributed by atoms with Gasteiger partial charge in [0, 0.05) is 41.0 Å². The van der Waals surface area contributed by atoms with E-state index in [1.807, 2.05) is 18.2 Å². The quantitative estimate of drug-likeness (QED) is 0.0757. The Morgan fingerprint density at radius 2 is 1.28 bits per heavy atom. The van der Waals surface area contributed by atoms with Crippen LogP contribution in [0.5, 0.6) is 5.88 Å². The summed E-state index contributed by atoms with van der Waals surface area (Å²) in [6, 6.07) is 10.6. The SMILES string of the molecule is CC(C)(C)[Si](C)(C)OCCOCCOCCOCCOCCOc1ccc(-c2ccc3c4cnccc4n(CC(F)(F)F)c3c2)cn1. The summed E-state index contributed by atoms with van der Waals surface area (Å²) in [5, 5.41) is 1.59. The molecular formula is C34H46F3N3O6Si. The van der Waals surface area contributed by atoms with E-state index >= 15 is 0 Å². The first-order chi connectivity index (χ1) is 22.4. The summed E-state index contributed by atoms with van der Waals surface area (Å²) in [7, 11) is -1.73. The van der Waals surface area contributed by atoms with Crippen LogP contribution in [0.1, 0.15) is 20.8 Å². The Morgan fingerprint density at radius 3 is 1.85 bits per heavy atom. The van der Waals surface area contributed by atoms with Crippen molar-refractivity contribution in [2.45, 2.75) is 51.6 Å². The molecule has 3 heterocycles. The monoisotopic (exact) mass is 677 g/mol. The van der Waals surface area contributed by atoms with Gasteiger partial charge in [0.25, 0.3) is 0 Å². The number of pyridine rings is 2. The molecule has 0 saturated carbocycles. The first-order valence-electron chi connectivity index (χ1n) is 15.8. The Kier molecular flexibility index (Phi) is 13.2. The molecule has 0 fully saturated rings. The van der Waals surface area contributed by atoms with Gasteiger partial charge in [0.2, 0.25) is 5.88 Å². The molecule has 13 heteroatoms. The molecule has 0 aliphatic carbocycles. The molecule has 0 saturated heterocycles. The summed E-state index contributed by atoms with van der Waals surface area (Å²) in [5.41, 5.74) is 2.49. The number of halogens is 3. The molecule has 0 atom stereocenters. The lowest BCUT2D eigenvalue weighted by molar-refractivity contribution is -0.139. The van der Waals surface area contributed by atoms with Crippen molar-refractivity contribution in [2.75, 3.05) is 66.1 Å². The van der Waals surface area contributed by atoms with Gasteiger partial charge in [0.05, 0.1) is 70.5 Å². The maximum absolute atomic E-state index is 13.4. The molecule has 4 aromatic rings. The maximum Gasteiger partial charge on any atom is 0.406 e. The molecule has 1 aromatic carbocycles. The van der Waals surface area contributed by atoms with E-state index in [9.17, 15) is 13.2 Å². The standard InChI is InChI=1S/C34H46F3N3O6Si/c1-33(2,3)47(4,5)46-21-19-44-17-15-42-13-12-41-14-16-43-18-20-45-32-9-7-27(23-39-32)26-6-8-28-29-24-38-11-10-30(29)40(31(28)22-26)25-34(35,36)37/h6-11,22-24H,12-21,25H2,1-5H3. The van der Waals surface area contributed by atoms with Crippen LogP contribution in [0.25, 0.3) is 32.9 Å². The minimum Gasteiger partial charge on any atom is -0.475 e. The fraction of sp³-hybridized carbons (Fsp3) is 0.529. The molecule has 0 N–H and O–H groups in total. The van der Waals surface area contributed by atoms with Gasteiger partial charge in [-0.1, -0.05) is 32.9 Å². The van der Waals surface area contributed by atoms with Crippen molar-refractivity contribution in [3.05, 3.63) is 55.0 Å². The van der Waals surface area contributed by atoms with E-state index in [1.165, 1.54) is 10.8 Å². The van der Waals surface area contributed by atoms with Crippen LogP contribution in [0.2, 0.25) is 18.1 Å².